The lowest BCUT2D eigenvalue weighted by Crippen LogP contribution is -2.36. The lowest BCUT2D eigenvalue weighted by atomic mass is 9.83. The van der Waals surface area contributed by atoms with Crippen molar-refractivity contribution in [3.05, 3.63) is 0 Å². The van der Waals surface area contributed by atoms with Crippen LogP contribution in [0.2, 0.25) is 0 Å². The highest BCUT2D eigenvalue weighted by Gasteiger charge is 2.48. The fourth-order valence-corrected chi connectivity index (χ4v) is 3.18. The monoisotopic (exact) mass is 169 g/mol. The fourth-order valence-electron chi connectivity index (χ4n) is 3.18. The summed E-state index contributed by atoms with van der Waals surface area (Å²) in [6, 6.07) is 0.817. The second-order valence-electron chi connectivity index (χ2n) is 4.43. The topological polar surface area (TPSA) is 12.5 Å². The molecule has 0 bridgehead atoms. The summed E-state index contributed by atoms with van der Waals surface area (Å²) in [7, 11) is 4.09. The van der Waals surface area contributed by atoms with Crippen LogP contribution >= 0.6 is 0 Å². The van der Waals surface area contributed by atoms with Gasteiger partial charge in [0, 0.05) is 18.6 Å². The van der Waals surface area contributed by atoms with Crippen LogP contribution in [-0.2, 0) is 4.74 Å². The number of methoxy groups -OCH3 is 1. The van der Waals surface area contributed by atoms with E-state index in [-0.39, 0.29) is 0 Å². The van der Waals surface area contributed by atoms with Crippen molar-refractivity contribution in [2.75, 3.05) is 27.3 Å². The van der Waals surface area contributed by atoms with E-state index in [2.05, 4.69) is 11.9 Å². The third-order valence-electron chi connectivity index (χ3n) is 3.79. The Morgan fingerprint density at radius 1 is 1.50 bits per heavy atom. The SMILES string of the molecule is COCC12CCCC1N(C)CC2. The van der Waals surface area contributed by atoms with Crippen molar-refractivity contribution in [1.82, 2.24) is 4.90 Å². The summed E-state index contributed by atoms with van der Waals surface area (Å²) < 4.78 is 5.35. The third-order valence-corrected chi connectivity index (χ3v) is 3.79. The quantitative estimate of drug-likeness (QED) is 0.621. The zero-order valence-corrected chi connectivity index (χ0v) is 8.18. The van der Waals surface area contributed by atoms with Crippen LogP contribution in [0.4, 0.5) is 0 Å². The predicted octanol–water partition coefficient (Wildman–Crippen LogP) is 1.51. The molecule has 1 heterocycles. The summed E-state index contributed by atoms with van der Waals surface area (Å²) in [6.45, 7) is 2.25. The van der Waals surface area contributed by atoms with Gasteiger partial charge in [-0.05, 0) is 32.9 Å². The number of rotatable bonds is 2. The minimum absolute atomic E-state index is 0.531. The second kappa shape index (κ2) is 3.00. The van der Waals surface area contributed by atoms with Gasteiger partial charge >= 0.3 is 0 Å². The van der Waals surface area contributed by atoms with Gasteiger partial charge in [0.2, 0.25) is 0 Å². The first-order chi connectivity index (χ1) is 5.78. The van der Waals surface area contributed by atoms with Gasteiger partial charge in [-0.3, -0.25) is 0 Å². The number of nitrogens with zero attached hydrogens (tertiary/aromatic N) is 1. The smallest absolute Gasteiger partial charge is 0.0534 e. The van der Waals surface area contributed by atoms with E-state index in [1.165, 1.54) is 32.2 Å². The van der Waals surface area contributed by atoms with Crippen molar-refractivity contribution >= 4 is 0 Å². The zero-order chi connectivity index (χ0) is 8.60. The molecule has 1 aliphatic carbocycles. The maximum absolute atomic E-state index is 5.35. The molecule has 1 aliphatic heterocycles. The van der Waals surface area contributed by atoms with Crippen molar-refractivity contribution < 1.29 is 4.74 Å². The molecular weight excluding hydrogens is 150 g/mol. The Kier molecular flexibility index (Phi) is 2.13. The van der Waals surface area contributed by atoms with E-state index in [1.54, 1.807) is 0 Å². The lowest BCUT2D eigenvalue weighted by molar-refractivity contribution is 0.0682. The van der Waals surface area contributed by atoms with Gasteiger partial charge in [0.25, 0.3) is 0 Å². The van der Waals surface area contributed by atoms with Gasteiger partial charge in [-0.2, -0.15) is 0 Å². The van der Waals surface area contributed by atoms with Gasteiger partial charge < -0.3 is 9.64 Å². The molecule has 2 unspecified atom stereocenters. The Morgan fingerprint density at radius 3 is 3.08 bits per heavy atom. The van der Waals surface area contributed by atoms with Crippen LogP contribution in [0.25, 0.3) is 0 Å². The van der Waals surface area contributed by atoms with Gasteiger partial charge in [0.1, 0.15) is 0 Å². The third kappa shape index (κ3) is 1.09. The largest absolute Gasteiger partial charge is 0.384 e. The Hall–Kier alpha value is -0.0800. The standard InChI is InChI=1S/C10H19NO/c1-11-7-6-10(8-12-2)5-3-4-9(10)11/h9H,3-8H2,1-2H3. The van der Waals surface area contributed by atoms with Crippen molar-refractivity contribution in [3.63, 3.8) is 0 Å². The molecule has 0 aromatic carbocycles. The predicted molar refractivity (Wildman–Crippen MR) is 49.2 cm³/mol. The van der Waals surface area contributed by atoms with Crippen molar-refractivity contribution in [1.29, 1.82) is 0 Å². The molecule has 2 heteroatoms. The molecule has 0 aromatic heterocycles. The minimum Gasteiger partial charge on any atom is -0.384 e. The van der Waals surface area contributed by atoms with Crippen molar-refractivity contribution in [2.45, 2.75) is 31.7 Å². The average molecular weight is 169 g/mol. The van der Waals surface area contributed by atoms with Gasteiger partial charge in [-0.15, -0.1) is 0 Å². The minimum atomic E-state index is 0.531. The molecule has 0 amide bonds. The van der Waals surface area contributed by atoms with Gasteiger partial charge in [0.05, 0.1) is 6.61 Å². The van der Waals surface area contributed by atoms with E-state index >= 15 is 0 Å². The van der Waals surface area contributed by atoms with E-state index < -0.39 is 0 Å². The highest BCUT2D eigenvalue weighted by Crippen LogP contribution is 2.48. The van der Waals surface area contributed by atoms with Crippen LogP contribution < -0.4 is 0 Å². The Balaban J connectivity index is 2.11. The molecule has 0 spiro atoms. The molecule has 2 rings (SSSR count). The Morgan fingerprint density at radius 2 is 2.33 bits per heavy atom. The van der Waals surface area contributed by atoms with Gasteiger partial charge in [0.15, 0.2) is 0 Å². The molecule has 0 N–H and O–H groups in total. The number of likely N-dealkylation sites (tertiary alicyclic amines) is 1. The number of hydrogen-bond acceptors (Lipinski definition) is 2. The fraction of sp³-hybridized carbons (Fsp3) is 1.00. The number of fused-ring (bicyclic) bond motifs is 1. The maximum Gasteiger partial charge on any atom is 0.0534 e. The maximum atomic E-state index is 5.35. The van der Waals surface area contributed by atoms with Crippen molar-refractivity contribution in [3.8, 4) is 0 Å². The summed E-state index contributed by atoms with van der Waals surface area (Å²) in [6.07, 6.45) is 5.52. The van der Waals surface area contributed by atoms with Crippen LogP contribution in [0.3, 0.4) is 0 Å². The van der Waals surface area contributed by atoms with Crippen LogP contribution in [0.15, 0.2) is 0 Å². The van der Waals surface area contributed by atoms with Crippen molar-refractivity contribution in [2.24, 2.45) is 5.41 Å². The van der Waals surface area contributed by atoms with E-state index in [1.807, 2.05) is 7.11 Å². The molecule has 2 atom stereocenters. The summed E-state index contributed by atoms with van der Waals surface area (Å²) in [4.78, 5) is 2.52. The lowest BCUT2D eigenvalue weighted by Gasteiger charge is -2.30. The molecule has 2 fully saturated rings. The summed E-state index contributed by atoms with van der Waals surface area (Å²) >= 11 is 0. The molecule has 70 valence electrons. The Labute approximate surface area is 74.9 Å². The molecule has 12 heavy (non-hydrogen) atoms. The van der Waals surface area contributed by atoms with Gasteiger partial charge in [-0.1, -0.05) is 6.42 Å². The summed E-state index contributed by atoms with van der Waals surface area (Å²) in [5, 5.41) is 0. The van der Waals surface area contributed by atoms with E-state index in [0.29, 0.717) is 5.41 Å². The highest BCUT2D eigenvalue weighted by atomic mass is 16.5. The van der Waals surface area contributed by atoms with E-state index in [0.717, 1.165) is 12.6 Å². The first kappa shape index (κ1) is 8.52. The first-order valence-electron chi connectivity index (χ1n) is 4.98. The van der Waals surface area contributed by atoms with Crippen LogP contribution in [0, 0.1) is 5.41 Å². The summed E-state index contributed by atoms with van der Waals surface area (Å²) in [5.74, 6) is 0. The molecule has 1 saturated heterocycles. The number of hydrogen-bond donors (Lipinski definition) is 0. The normalized spacial score (nSPS) is 42.0. The molecular formula is C10H19NO. The van der Waals surface area contributed by atoms with Gasteiger partial charge in [-0.25, -0.2) is 0 Å². The molecule has 1 saturated carbocycles. The van der Waals surface area contributed by atoms with Crippen LogP contribution in [0.1, 0.15) is 25.7 Å². The first-order valence-corrected chi connectivity index (χ1v) is 4.98. The number of ether oxygens (including phenoxy) is 1. The average Bonchev–Trinajstić information content (AvgIpc) is 2.55. The van der Waals surface area contributed by atoms with E-state index in [9.17, 15) is 0 Å². The van der Waals surface area contributed by atoms with Crippen LogP contribution in [-0.4, -0.2) is 38.3 Å². The zero-order valence-electron chi connectivity index (χ0n) is 8.18. The molecule has 0 radical (unpaired) electrons. The summed E-state index contributed by atoms with van der Waals surface area (Å²) in [5.41, 5.74) is 0.531. The molecule has 2 nitrogen and oxygen atoms in total. The second-order valence-corrected chi connectivity index (χ2v) is 4.43. The molecule has 0 aromatic rings. The Bertz CT molecular complexity index is 167. The van der Waals surface area contributed by atoms with Crippen LogP contribution in [0.5, 0.6) is 0 Å². The highest BCUT2D eigenvalue weighted by molar-refractivity contribution is 5.01. The van der Waals surface area contributed by atoms with E-state index in [4.69, 9.17) is 4.74 Å². The molecule has 2 aliphatic rings.